The molecule has 112 valence electrons. The first kappa shape index (κ1) is 15.0. The highest BCUT2D eigenvalue weighted by Crippen LogP contribution is 2.19. The minimum atomic E-state index is -2.93. The molecule has 1 aromatic rings. The summed E-state index contributed by atoms with van der Waals surface area (Å²) >= 11 is 0. The fourth-order valence-electron chi connectivity index (χ4n) is 2.39. The number of amides is 1. The maximum atomic E-state index is 11.5. The Labute approximate surface area is 118 Å². The number of hydrogen-bond acceptors (Lipinski definition) is 6. The normalized spacial score (nSPS) is 22.6. The number of nitrogens with two attached hydrogens (primary N) is 1. The average Bonchev–Trinajstić information content (AvgIpc) is 2.72. The molecule has 0 aliphatic carbocycles. The molecule has 1 aliphatic heterocycles. The number of aryl methyl sites for hydroxylation is 1. The van der Waals surface area contributed by atoms with E-state index >= 15 is 0 Å². The van der Waals surface area contributed by atoms with Crippen molar-refractivity contribution in [3.8, 4) is 0 Å². The van der Waals surface area contributed by atoms with E-state index in [-0.39, 0.29) is 17.5 Å². The molecule has 0 radical (unpaired) electrons. The standard InChI is InChI=1S/C12H19N3O4S/c1-8-7-20(17,18)4-3-15(8)6-10-5-11(9(2)19-10)12(16)14-13/h5,8H,3-4,6-7,13H2,1-2H3,(H,14,16). The number of furan rings is 1. The Balaban J connectivity index is 2.09. The number of nitrogens with zero attached hydrogens (tertiary/aromatic N) is 1. The third kappa shape index (κ3) is 3.20. The van der Waals surface area contributed by atoms with Crippen LogP contribution in [-0.4, -0.2) is 43.3 Å². The molecule has 0 aromatic carbocycles. The monoisotopic (exact) mass is 301 g/mol. The van der Waals surface area contributed by atoms with Gasteiger partial charge in [-0.2, -0.15) is 0 Å². The van der Waals surface area contributed by atoms with Crippen molar-refractivity contribution in [3.63, 3.8) is 0 Å². The number of nitrogen functional groups attached to an aromatic ring is 1. The van der Waals surface area contributed by atoms with E-state index in [4.69, 9.17) is 10.3 Å². The molecule has 0 spiro atoms. The molecule has 1 unspecified atom stereocenters. The van der Waals surface area contributed by atoms with Gasteiger partial charge in [-0.25, -0.2) is 14.3 Å². The second-order valence-corrected chi connectivity index (χ2v) is 7.32. The molecule has 8 heteroatoms. The molecule has 3 N–H and O–H groups in total. The maximum absolute atomic E-state index is 11.5. The molecule has 0 bridgehead atoms. The van der Waals surface area contributed by atoms with Gasteiger partial charge >= 0.3 is 0 Å². The van der Waals surface area contributed by atoms with Gasteiger partial charge in [0.05, 0.1) is 23.6 Å². The van der Waals surface area contributed by atoms with Gasteiger partial charge in [0.25, 0.3) is 5.91 Å². The van der Waals surface area contributed by atoms with E-state index in [0.29, 0.717) is 30.2 Å². The molecule has 1 amide bonds. The van der Waals surface area contributed by atoms with Gasteiger partial charge < -0.3 is 4.42 Å². The van der Waals surface area contributed by atoms with Crippen LogP contribution in [-0.2, 0) is 16.4 Å². The summed E-state index contributed by atoms with van der Waals surface area (Å²) in [5, 5.41) is 0. The van der Waals surface area contributed by atoms with Crippen molar-refractivity contribution in [2.45, 2.75) is 26.4 Å². The quantitative estimate of drug-likeness (QED) is 0.455. The molecule has 1 fully saturated rings. The van der Waals surface area contributed by atoms with Gasteiger partial charge in [0.15, 0.2) is 9.84 Å². The molecular formula is C12H19N3O4S. The van der Waals surface area contributed by atoms with Crippen LogP contribution in [0.5, 0.6) is 0 Å². The largest absolute Gasteiger partial charge is 0.464 e. The minimum absolute atomic E-state index is 0.0639. The van der Waals surface area contributed by atoms with Gasteiger partial charge in [-0.05, 0) is 19.9 Å². The molecule has 7 nitrogen and oxygen atoms in total. The van der Waals surface area contributed by atoms with Crippen LogP contribution in [0.3, 0.4) is 0 Å². The zero-order valence-electron chi connectivity index (χ0n) is 11.5. The van der Waals surface area contributed by atoms with Crippen molar-refractivity contribution in [2.75, 3.05) is 18.1 Å². The Hall–Kier alpha value is -1.38. The highest BCUT2D eigenvalue weighted by molar-refractivity contribution is 7.91. The molecule has 2 rings (SSSR count). The number of hydrogen-bond donors (Lipinski definition) is 2. The van der Waals surface area contributed by atoms with Crippen molar-refractivity contribution in [1.29, 1.82) is 0 Å². The summed E-state index contributed by atoms with van der Waals surface area (Å²) in [6, 6.07) is 1.58. The number of carbonyl (C=O) groups excluding carboxylic acids is 1. The van der Waals surface area contributed by atoms with Gasteiger partial charge in [-0.3, -0.25) is 15.1 Å². The summed E-state index contributed by atoms with van der Waals surface area (Å²) in [6.07, 6.45) is 0. The van der Waals surface area contributed by atoms with E-state index in [9.17, 15) is 13.2 Å². The van der Waals surface area contributed by atoms with E-state index in [1.165, 1.54) is 0 Å². The Morgan fingerprint density at radius 1 is 1.60 bits per heavy atom. The van der Waals surface area contributed by atoms with Gasteiger partial charge in [-0.1, -0.05) is 0 Å². The number of rotatable bonds is 3. The van der Waals surface area contributed by atoms with Crippen LogP contribution in [0.1, 0.15) is 28.8 Å². The van der Waals surface area contributed by atoms with Gasteiger partial charge in [0, 0.05) is 12.6 Å². The van der Waals surface area contributed by atoms with Crippen LogP contribution in [0, 0.1) is 6.92 Å². The lowest BCUT2D eigenvalue weighted by Crippen LogP contribution is -2.46. The third-order valence-electron chi connectivity index (χ3n) is 3.51. The summed E-state index contributed by atoms with van der Waals surface area (Å²) in [5.41, 5.74) is 2.47. The molecule has 2 heterocycles. The Morgan fingerprint density at radius 3 is 2.90 bits per heavy atom. The van der Waals surface area contributed by atoms with Crippen molar-refractivity contribution in [3.05, 3.63) is 23.2 Å². The topological polar surface area (TPSA) is 106 Å². The zero-order chi connectivity index (χ0) is 14.9. The maximum Gasteiger partial charge on any atom is 0.268 e. The molecule has 1 saturated heterocycles. The van der Waals surface area contributed by atoms with Crippen LogP contribution in [0.2, 0.25) is 0 Å². The number of hydrazine groups is 1. The molecular weight excluding hydrogens is 282 g/mol. The van der Waals surface area contributed by atoms with Gasteiger partial charge in [0.1, 0.15) is 11.5 Å². The second-order valence-electron chi connectivity index (χ2n) is 5.09. The summed E-state index contributed by atoms with van der Waals surface area (Å²) in [5.74, 6) is 6.15. The highest BCUT2D eigenvalue weighted by atomic mass is 32.2. The third-order valence-corrected chi connectivity index (χ3v) is 5.31. The van der Waals surface area contributed by atoms with E-state index in [2.05, 4.69) is 5.43 Å². The first-order valence-electron chi connectivity index (χ1n) is 6.37. The number of nitrogens with one attached hydrogen (secondary N) is 1. The Morgan fingerprint density at radius 2 is 2.30 bits per heavy atom. The first-order chi connectivity index (χ1) is 9.32. The predicted octanol–water partition coefficient (Wildman–Crippen LogP) is -0.190. The second kappa shape index (κ2) is 5.55. The fraction of sp³-hybridized carbons (Fsp3) is 0.583. The smallest absolute Gasteiger partial charge is 0.268 e. The van der Waals surface area contributed by atoms with E-state index in [1.807, 2.05) is 11.8 Å². The van der Waals surface area contributed by atoms with Crippen LogP contribution in [0.15, 0.2) is 10.5 Å². The van der Waals surface area contributed by atoms with Crippen molar-refractivity contribution >= 4 is 15.7 Å². The summed E-state index contributed by atoms with van der Waals surface area (Å²) in [4.78, 5) is 13.5. The van der Waals surface area contributed by atoms with E-state index in [1.54, 1.807) is 13.0 Å². The van der Waals surface area contributed by atoms with Crippen molar-refractivity contribution < 1.29 is 17.6 Å². The predicted molar refractivity (Wildman–Crippen MR) is 73.6 cm³/mol. The fourth-order valence-corrected chi connectivity index (χ4v) is 4.02. The molecule has 20 heavy (non-hydrogen) atoms. The lowest BCUT2D eigenvalue weighted by Gasteiger charge is -2.32. The lowest BCUT2D eigenvalue weighted by atomic mass is 10.2. The van der Waals surface area contributed by atoms with Crippen LogP contribution in [0.4, 0.5) is 0 Å². The van der Waals surface area contributed by atoms with E-state index < -0.39 is 15.7 Å². The van der Waals surface area contributed by atoms with Crippen LogP contribution in [0.25, 0.3) is 0 Å². The summed E-state index contributed by atoms with van der Waals surface area (Å²) in [7, 11) is -2.93. The number of sulfone groups is 1. The average molecular weight is 301 g/mol. The minimum Gasteiger partial charge on any atom is -0.464 e. The number of carbonyl (C=O) groups is 1. The molecule has 0 saturated carbocycles. The highest BCUT2D eigenvalue weighted by Gasteiger charge is 2.29. The lowest BCUT2D eigenvalue weighted by molar-refractivity contribution is 0.0952. The van der Waals surface area contributed by atoms with Gasteiger partial charge in [-0.15, -0.1) is 0 Å². The van der Waals surface area contributed by atoms with Crippen LogP contribution >= 0.6 is 0 Å². The van der Waals surface area contributed by atoms with Crippen molar-refractivity contribution in [1.82, 2.24) is 10.3 Å². The van der Waals surface area contributed by atoms with Crippen molar-refractivity contribution in [2.24, 2.45) is 5.84 Å². The van der Waals surface area contributed by atoms with E-state index in [0.717, 1.165) is 0 Å². The molecule has 1 atom stereocenters. The van der Waals surface area contributed by atoms with Crippen LogP contribution < -0.4 is 11.3 Å². The van der Waals surface area contributed by atoms with Gasteiger partial charge in [0.2, 0.25) is 0 Å². The Kier molecular flexibility index (Phi) is 4.17. The summed E-state index contributed by atoms with van der Waals surface area (Å²) < 4.78 is 28.6. The molecule has 1 aliphatic rings. The summed E-state index contributed by atoms with van der Waals surface area (Å²) in [6.45, 7) is 4.52. The molecule has 1 aromatic heterocycles. The zero-order valence-corrected chi connectivity index (χ0v) is 12.4. The first-order valence-corrected chi connectivity index (χ1v) is 8.19. The SMILES string of the molecule is Cc1oc(CN2CCS(=O)(=O)CC2C)cc1C(=O)NN. The Bertz CT molecular complexity index is 608.